The lowest BCUT2D eigenvalue weighted by Gasteiger charge is -2.16. The highest BCUT2D eigenvalue weighted by molar-refractivity contribution is 5.26. The molecule has 0 aromatic heterocycles. The van der Waals surface area contributed by atoms with E-state index in [9.17, 15) is 0 Å². The first kappa shape index (κ1) is 15.0. The monoisotopic (exact) mass is 278 g/mol. The van der Waals surface area contributed by atoms with Gasteiger partial charge in [-0.15, -0.1) is 6.58 Å². The highest BCUT2D eigenvalue weighted by Crippen LogP contribution is 2.28. The molecule has 1 aliphatic heterocycles. The van der Waals surface area contributed by atoms with E-state index in [1.54, 1.807) is 13.2 Å². The van der Waals surface area contributed by atoms with Gasteiger partial charge in [-0.1, -0.05) is 18.2 Å². The zero-order chi connectivity index (χ0) is 14.6. The Bertz CT molecular complexity index is 438. The fourth-order valence-electron chi connectivity index (χ4n) is 2.21. The van der Waals surface area contributed by atoms with Crippen molar-refractivity contribution in [3.8, 4) is 5.75 Å². The van der Waals surface area contributed by atoms with Gasteiger partial charge in [-0.25, -0.2) is 0 Å². The molecule has 0 bridgehead atoms. The fourth-order valence-corrected chi connectivity index (χ4v) is 2.21. The van der Waals surface area contributed by atoms with Gasteiger partial charge in [-0.2, -0.15) is 0 Å². The molecule has 0 spiro atoms. The SMILES string of the molecule is C=C[C@@H]1OC(C)(C)O[C@H]1COCc1ccc(OC)cc1. The van der Waals surface area contributed by atoms with Gasteiger partial charge in [0.1, 0.15) is 18.0 Å². The Morgan fingerprint density at radius 1 is 1.25 bits per heavy atom. The van der Waals surface area contributed by atoms with E-state index in [0.29, 0.717) is 13.2 Å². The normalized spacial score (nSPS) is 24.6. The van der Waals surface area contributed by atoms with Crippen LogP contribution in [0.15, 0.2) is 36.9 Å². The average molecular weight is 278 g/mol. The van der Waals surface area contributed by atoms with E-state index in [2.05, 4.69) is 6.58 Å². The van der Waals surface area contributed by atoms with E-state index in [0.717, 1.165) is 11.3 Å². The molecule has 0 saturated carbocycles. The summed E-state index contributed by atoms with van der Waals surface area (Å²) >= 11 is 0. The van der Waals surface area contributed by atoms with E-state index in [1.807, 2.05) is 38.1 Å². The molecule has 1 fully saturated rings. The lowest BCUT2D eigenvalue weighted by Crippen LogP contribution is -2.26. The summed E-state index contributed by atoms with van der Waals surface area (Å²) in [5, 5.41) is 0. The summed E-state index contributed by atoms with van der Waals surface area (Å²) in [6, 6.07) is 7.81. The average Bonchev–Trinajstić information content (AvgIpc) is 2.74. The minimum absolute atomic E-state index is 0.110. The second-order valence-corrected chi connectivity index (χ2v) is 5.24. The third-order valence-corrected chi connectivity index (χ3v) is 3.16. The van der Waals surface area contributed by atoms with Gasteiger partial charge in [0.05, 0.1) is 20.3 Å². The summed E-state index contributed by atoms with van der Waals surface area (Å²) in [5.41, 5.74) is 1.10. The molecule has 1 saturated heterocycles. The van der Waals surface area contributed by atoms with Gasteiger partial charge in [0, 0.05) is 0 Å². The lowest BCUT2D eigenvalue weighted by atomic mass is 10.2. The van der Waals surface area contributed by atoms with E-state index < -0.39 is 5.79 Å². The maximum atomic E-state index is 5.79. The number of rotatable bonds is 6. The Morgan fingerprint density at radius 2 is 1.95 bits per heavy atom. The molecule has 0 unspecified atom stereocenters. The molecular weight excluding hydrogens is 256 g/mol. The summed E-state index contributed by atoms with van der Waals surface area (Å²) in [5.74, 6) is 0.266. The summed E-state index contributed by atoms with van der Waals surface area (Å²) < 4.78 is 22.3. The van der Waals surface area contributed by atoms with E-state index in [1.165, 1.54) is 0 Å². The third kappa shape index (κ3) is 3.82. The molecule has 1 heterocycles. The highest BCUT2D eigenvalue weighted by atomic mass is 16.8. The smallest absolute Gasteiger partial charge is 0.164 e. The Labute approximate surface area is 120 Å². The van der Waals surface area contributed by atoms with Crippen LogP contribution in [0.5, 0.6) is 5.75 Å². The Morgan fingerprint density at radius 3 is 2.55 bits per heavy atom. The number of hydrogen-bond acceptors (Lipinski definition) is 4. The second-order valence-electron chi connectivity index (χ2n) is 5.24. The number of methoxy groups -OCH3 is 1. The molecule has 2 atom stereocenters. The van der Waals surface area contributed by atoms with Crippen LogP contribution in [0.25, 0.3) is 0 Å². The zero-order valence-corrected chi connectivity index (χ0v) is 12.3. The number of hydrogen-bond donors (Lipinski definition) is 0. The quantitative estimate of drug-likeness (QED) is 0.750. The largest absolute Gasteiger partial charge is 0.497 e. The molecule has 0 aliphatic carbocycles. The summed E-state index contributed by atoms with van der Waals surface area (Å²) in [7, 11) is 1.65. The van der Waals surface area contributed by atoms with Crippen molar-refractivity contribution in [2.24, 2.45) is 0 Å². The van der Waals surface area contributed by atoms with Crippen LogP contribution in [0.3, 0.4) is 0 Å². The molecule has 2 rings (SSSR count). The molecule has 1 aromatic rings. The predicted octanol–water partition coefficient (Wildman–Crippen LogP) is 2.92. The molecular formula is C16H22O4. The van der Waals surface area contributed by atoms with Crippen LogP contribution in [-0.4, -0.2) is 31.7 Å². The van der Waals surface area contributed by atoms with Crippen molar-refractivity contribution < 1.29 is 18.9 Å². The Balaban J connectivity index is 1.81. The first-order valence-electron chi connectivity index (χ1n) is 6.73. The molecule has 0 N–H and O–H groups in total. The Hall–Kier alpha value is -1.36. The van der Waals surface area contributed by atoms with Crippen molar-refractivity contribution in [1.82, 2.24) is 0 Å². The summed E-state index contributed by atoms with van der Waals surface area (Å²) in [6.45, 7) is 8.58. The maximum Gasteiger partial charge on any atom is 0.164 e. The highest BCUT2D eigenvalue weighted by Gasteiger charge is 2.39. The maximum absolute atomic E-state index is 5.79. The van der Waals surface area contributed by atoms with Crippen molar-refractivity contribution in [3.63, 3.8) is 0 Å². The van der Waals surface area contributed by atoms with Gasteiger partial charge in [0.2, 0.25) is 0 Å². The van der Waals surface area contributed by atoms with Gasteiger partial charge in [0.25, 0.3) is 0 Å². The van der Waals surface area contributed by atoms with Crippen LogP contribution in [0, 0.1) is 0 Å². The van der Waals surface area contributed by atoms with Crippen molar-refractivity contribution >= 4 is 0 Å². The molecule has 20 heavy (non-hydrogen) atoms. The lowest BCUT2D eigenvalue weighted by molar-refractivity contribution is -0.148. The first-order valence-corrected chi connectivity index (χ1v) is 6.73. The van der Waals surface area contributed by atoms with Crippen molar-refractivity contribution in [1.29, 1.82) is 0 Å². The standard InChI is InChI=1S/C16H22O4/c1-5-14-15(20-16(2,3)19-14)11-18-10-12-6-8-13(17-4)9-7-12/h5-9,14-15H,1,10-11H2,2-4H3/t14-,15-/m0/s1. The van der Waals surface area contributed by atoms with Crippen molar-refractivity contribution in [2.45, 2.75) is 38.4 Å². The van der Waals surface area contributed by atoms with Gasteiger partial charge < -0.3 is 18.9 Å². The van der Waals surface area contributed by atoms with Gasteiger partial charge in [0.15, 0.2) is 5.79 Å². The van der Waals surface area contributed by atoms with Crippen LogP contribution < -0.4 is 4.74 Å². The predicted molar refractivity (Wildman–Crippen MR) is 76.7 cm³/mol. The van der Waals surface area contributed by atoms with Crippen LogP contribution in [0.2, 0.25) is 0 Å². The van der Waals surface area contributed by atoms with Crippen LogP contribution >= 0.6 is 0 Å². The zero-order valence-electron chi connectivity index (χ0n) is 12.3. The van der Waals surface area contributed by atoms with E-state index in [4.69, 9.17) is 18.9 Å². The molecule has 0 radical (unpaired) electrons. The van der Waals surface area contributed by atoms with Crippen LogP contribution in [-0.2, 0) is 20.8 Å². The van der Waals surface area contributed by atoms with Crippen LogP contribution in [0.1, 0.15) is 19.4 Å². The Kier molecular flexibility index (Phi) is 4.81. The van der Waals surface area contributed by atoms with Crippen LogP contribution in [0.4, 0.5) is 0 Å². The molecule has 110 valence electrons. The summed E-state index contributed by atoms with van der Waals surface area (Å²) in [6.07, 6.45) is 1.53. The minimum atomic E-state index is -0.576. The minimum Gasteiger partial charge on any atom is -0.497 e. The molecule has 4 nitrogen and oxygen atoms in total. The number of benzene rings is 1. The third-order valence-electron chi connectivity index (χ3n) is 3.16. The van der Waals surface area contributed by atoms with Crippen molar-refractivity contribution in [3.05, 3.63) is 42.5 Å². The first-order chi connectivity index (χ1) is 9.54. The molecule has 1 aliphatic rings. The van der Waals surface area contributed by atoms with Gasteiger partial charge in [-0.05, 0) is 31.5 Å². The topological polar surface area (TPSA) is 36.9 Å². The molecule has 0 amide bonds. The second kappa shape index (κ2) is 6.39. The number of ether oxygens (including phenoxy) is 4. The van der Waals surface area contributed by atoms with Gasteiger partial charge >= 0.3 is 0 Å². The van der Waals surface area contributed by atoms with Crippen molar-refractivity contribution in [2.75, 3.05) is 13.7 Å². The van der Waals surface area contributed by atoms with E-state index in [-0.39, 0.29) is 12.2 Å². The fraction of sp³-hybridized carbons (Fsp3) is 0.500. The van der Waals surface area contributed by atoms with E-state index >= 15 is 0 Å². The van der Waals surface area contributed by atoms with Gasteiger partial charge in [-0.3, -0.25) is 0 Å². The molecule has 1 aromatic carbocycles. The molecule has 4 heteroatoms. The summed E-state index contributed by atoms with van der Waals surface area (Å²) in [4.78, 5) is 0.